The third kappa shape index (κ3) is 4.17. The van der Waals surface area contributed by atoms with Gasteiger partial charge in [0.2, 0.25) is 0 Å². The van der Waals surface area contributed by atoms with Crippen LogP contribution in [0.5, 0.6) is 0 Å². The van der Waals surface area contributed by atoms with Crippen LogP contribution in [0.15, 0.2) is 24.4 Å². The highest BCUT2D eigenvalue weighted by Gasteiger charge is 2.47. The van der Waals surface area contributed by atoms with Crippen molar-refractivity contribution >= 4 is 46.8 Å². The Morgan fingerprint density at radius 3 is 2.81 bits per heavy atom. The molecule has 0 radical (unpaired) electrons. The minimum atomic E-state index is 0.155. The van der Waals surface area contributed by atoms with E-state index < -0.39 is 0 Å². The van der Waals surface area contributed by atoms with Crippen molar-refractivity contribution in [3.8, 4) is 6.07 Å². The largest absolute Gasteiger partial charge is 0.383 e. The number of methoxy groups -OCH3 is 1. The number of ether oxygens (including phenoxy) is 2. The zero-order chi connectivity index (χ0) is 25.6. The Morgan fingerprint density at radius 2 is 2.08 bits per heavy atom. The highest BCUT2D eigenvalue weighted by Crippen LogP contribution is 2.45. The summed E-state index contributed by atoms with van der Waals surface area (Å²) < 4.78 is 11.2. The number of benzene rings is 1. The van der Waals surface area contributed by atoms with Crippen molar-refractivity contribution in [2.24, 2.45) is 5.41 Å². The van der Waals surface area contributed by atoms with Crippen LogP contribution < -0.4 is 14.7 Å². The molecule has 0 amide bonds. The molecular weight excluding hydrogens is 488 g/mol. The van der Waals surface area contributed by atoms with E-state index in [9.17, 15) is 5.26 Å². The molecule has 3 aromatic rings. The SMILES string of the molecule is COCCN1CCN(c2n[nH]c3nc(N4CCC5(CC4)CO[C@@H](C)[C@H]5S)cnc23)c2ccc(C#N)cc21. The normalized spacial score (nSPS) is 23.0. The molecule has 194 valence electrons. The van der Waals surface area contributed by atoms with Gasteiger partial charge >= 0.3 is 0 Å². The Balaban J connectivity index is 1.25. The molecule has 2 fully saturated rings. The molecule has 6 rings (SSSR count). The number of piperidine rings is 1. The molecule has 0 bridgehead atoms. The zero-order valence-corrected chi connectivity index (χ0v) is 22.1. The number of H-pyrrole nitrogens is 1. The molecule has 2 atom stereocenters. The summed E-state index contributed by atoms with van der Waals surface area (Å²) in [5.74, 6) is 1.61. The van der Waals surface area contributed by atoms with Crippen LogP contribution in [0.25, 0.3) is 11.2 Å². The smallest absolute Gasteiger partial charge is 0.183 e. The molecule has 10 nitrogen and oxygen atoms in total. The molecule has 2 aromatic heterocycles. The van der Waals surface area contributed by atoms with E-state index in [1.54, 1.807) is 7.11 Å². The zero-order valence-electron chi connectivity index (χ0n) is 21.2. The number of fused-ring (bicyclic) bond motifs is 2. The fourth-order valence-corrected chi connectivity index (χ4v) is 6.32. The monoisotopic (exact) mass is 520 g/mol. The minimum absolute atomic E-state index is 0.155. The van der Waals surface area contributed by atoms with Gasteiger partial charge in [-0.3, -0.25) is 5.10 Å². The van der Waals surface area contributed by atoms with Crippen LogP contribution in [-0.2, 0) is 9.47 Å². The van der Waals surface area contributed by atoms with Crippen LogP contribution in [0, 0.1) is 16.7 Å². The number of nitrogens with one attached hydrogen (secondary N) is 1. The first-order valence-electron chi connectivity index (χ1n) is 12.8. The van der Waals surface area contributed by atoms with E-state index in [2.05, 4.69) is 37.9 Å². The molecule has 1 spiro atoms. The predicted molar refractivity (Wildman–Crippen MR) is 146 cm³/mol. The first-order chi connectivity index (χ1) is 18.0. The van der Waals surface area contributed by atoms with Crippen LogP contribution in [0.3, 0.4) is 0 Å². The maximum Gasteiger partial charge on any atom is 0.183 e. The van der Waals surface area contributed by atoms with Gasteiger partial charge in [0.25, 0.3) is 0 Å². The first-order valence-corrected chi connectivity index (χ1v) is 13.4. The van der Waals surface area contributed by atoms with E-state index >= 15 is 0 Å². The van der Waals surface area contributed by atoms with Gasteiger partial charge in [-0.05, 0) is 38.0 Å². The number of hydrogen-bond donors (Lipinski definition) is 2. The quantitative estimate of drug-likeness (QED) is 0.491. The van der Waals surface area contributed by atoms with Crippen LogP contribution in [0.4, 0.5) is 23.0 Å². The molecule has 3 aliphatic heterocycles. The highest BCUT2D eigenvalue weighted by atomic mass is 32.1. The average Bonchev–Trinajstić information content (AvgIpc) is 3.48. The molecule has 0 saturated carbocycles. The molecule has 0 aliphatic carbocycles. The Bertz CT molecular complexity index is 1330. The van der Waals surface area contributed by atoms with Gasteiger partial charge in [0.15, 0.2) is 17.0 Å². The molecule has 5 heterocycles. The second-order valence-corrected chi connectivity index (χ2v) is 10.8. The Hall–Kier alpha value is -3.07. The number of aromatic nitrogens is 4. The van der Waals surface area contributed by atoms with Gasteiger partial charge in [0.1, 0.15) is 5.82 Å². The van der Waals surface area contributed by atoms with Crippen LogP contribution in [-0.4, -0.2) is 84.6 Å². The maximum atomic E-state index is 9.45. The summed E-state index contributed by atoms with van der Waals surface area (Å²) in [5.41, 5.74) is 4.20. The molecule has 2 saturated heterocycles. The standard InChI is InChI=1S/C26H32N8O2S/c1-17-23(37)26(16-36-17)5-7-33(8-6-26)21-15-28-22-24(29-21)30-31-25(22)34-10-9-32(11-12-35-2)20-13-18(14-27)3-4-19(20)34/h3-4,13,15,17,23,37H,5-12,16H2,1-2H3,(H,29,30,31)/t17-,23+/m0/s1. The van der Waals surface area contributed by atoms with Crippen LogP contribution in [0.1, 0.15) is 25.3 Å². The lowest BCUT2D eigenvalue weighted by Gasteiger charge is -2.41. The average molecular weight is 521 g/mol. The molecule has 37 heavy (non-hydrogen) atoms. The fraction of sp³-hybridized carbons (Fsp3) is 0.538. The molecular formula is C26H32N8O2S. The van der Waals surface area contributed by atoms with Crippen molar-refractivity contribution in [3.63, 3.8) is 0 Å². The molecule has 1 N–H and O–H groups in total. The minimum Gasteiger partial charge on any atom is -0.383 e. The fourth-order valence-electron chi connectivity index (χ4n) is 5.90. The van der Waals surface area contributed by atoms with Crippen molar-refractivity contribution < 1.29 is 9.47 Å². The van der Waals surface area contributed by atoms with Gasteiger partial charge in [-0.2, -0.15) is 23.0 Å². The number of hydrogen-bond acceptors (Lipinski definition) is 10. The van der Waals surface area contributed by atoms with Crippen molar-refractivity contribution in [2.75, 3.05) is 67.7 Å². The van der Waals surface area contributed by atoms with E-state index in [-0.39, 0.29) is 16.8 Å². The third-order valence-corrected chi connectivity index (χ3v) is 9.15. The van der Waals surface area contributed by atoms with E-state index in [0.717, 1.165) is 80.7 Å². The Morgan fingerprint density at radius 1 is 1.24 bits per heavy atom. The summed E-state index contributed by atoms with van der Waals surface area (Å²) in [6.07, 6.45) is 4.13. The van der Waals surface area contributed by atoms with Crippen molar-refractivity contribution in [3.05, 3.63) is 30.0 Å². The van der Waals surface area contributed by atoms with Crippen molar-refractivity contribution in [1.29, 1.82) is 5.26 Å². The summed E-state index contributed by atoms with van der Waals surface area (Å²) in [6.45, 7) is 7.63. The topological polar surface area (TPSA) is 106 Å². The van der Waals surface area contributed by atoms with E-state index in [1.807, 2.05) is 24.4 Å². The number of thiol groups is 1. The van der Waals surface area contributed by atoms with Gasteiger partial charge in [-0.25, -0.2) is 9.97 Å². The van der Waals surface area contributed by atoms with Gasteiger partial charge in [-0.1, -0.05) is 0 Å². The summed E-state index contributed by atoms with van der Waals surface area (Å²) in [7, 11) is 1.70. The number of nitrogens with zero attached hydrogens (tertiary/aromatic N) is 7. The molecule has 3 aliphatic rings. The summed E-state index contributed by atoms with van der Waals surface area (Å²) in [6, 6.07) is 8.02. The third-order valence-electron chi connectivity index (χ3n) is 8.18. The number of anilines is 4. The summed E-state index contributed by atoms with van der Waals surface area (Å²) in [4.78, 5) is 16.4. The second-order valence-electron chi connectivity index (χ2n) is 10.2. The number of rotatable bonds is 5. The summed E-state index contributed by atoms with van der Waals surface area (Å²) >= 11 is 4.87. The van der Waals surface area contributed by atoms with E-state index in [0.29, 0.717) is 17.8 Å². The van der Waals surface area contributed by atoms with Gasteiger partial charge in [0.05, 0.1) is 48.5 Å². The van der Waals surface area contributed by atoms with Crippen LogP contribution >= 0.6 is 12.6 Å². The highest BCUT2D eigenvalue weighted by molar-refractivity contribution is 7.81. The molecule has 11 heteroatoms. The number of nitriles is 1. The van der Waals surface area contributed by atoms with E-state index in [4.69, 9.17) is 32.1 Å². The lowest BCUT2D eigenvalue weighted by molar-refractivity contribution is 0.0976. The lowest BCUT2D eigenvalue weighted by Crippen LogP contribution is -2.45. The van der Waals surface area contributed by atoms with Gasteiger partial charge in [-0.15, -0.1) is 0 Å². The predicted octanol–water partition coefficient (Wildman–Crippen LogP) is 3.13. The van der Waals surface area contributed by atoms with Gasteiger partial charge < -0.3 is 24.2 Å². The molecule has 1 aromatic carbocycles. The summed E-state index contributed by atoms with van der Waals surface area (Å²) in [5, 5.41) is 17.5. The van der Waals surface area contributed by atoms with Crippen molar-refractivity contribution in [1.82, 2.24) is 20.2 Å². The second kappa shape index (κ2) is 9.67. The van der Waals surface area contributed by atoms with E-state index in [1.165, 1.54) is 0 Å². The lowest BCUT2D eigenvalue weighted by atomic mass is 9.76. The van der Waals surface area contributed by atoms with Gasteiger partial charge in [0, 0.05) is 50.5 Å². The first kappa shape index (κ1) is 24.3. The Kier molecular flexibility index (Phi) is 6.34. The van der Waals surface area contributed by atoms with Crippen molar-refractivity contribution in [2.45, 2.75) is 31.1 Å². The van der Waals surface area contributed by atoms with Crippen LogP contribution in [0.2, 0.25) is 0 Å². The number of aromatic amines is 1. The molecule has 0 unspecified atom stereocenters. The maximum absolute atomic E-state index is 9.45. The Labute approximate surface area is 222 Å².